The van der Waals surface area contributed by atoms with Crippen LogP contribution < -0.4 is 4.74 Å². The van der Waals surface area contributed by atoms with E-state index in [9.17, 15) is 31.9 Å². The molecule has 2 aliphatic carbocycles. The summed E-state index contributed by atoms with van der Waals surface area (Å²) in [7, 11) is 0. The summed E-state index contributed by atoms with van der Waals surface area (Å²) in [4.78, 5) is 16.2. The summed E-state index contributed by atoms with van der Waals surface area (Å²) in [6, 6.07) is 5.59. The third kappa shape index (κ3) is 4.25. The van der Waals surface area contributed by atoms with Crippen LogP contribution in [-0.2, 0) is 28.7 Å². The summed E-state index contributed by atoms with van der Waals surface area (Å²) in [6.45, 7) is 1.62. The molecule has 188 valence electrons. The lowest BCUT2D eigenvalue weighted by Crippen LogP contribution is -2.11. The number of hydrogen-bond acceptors (Lipinski definition) is 5. The maximum atomic E-state index is 14.6. The summed E-state index contributed by atoms with van der Waals surface area (Å²) < 4.78 is 80.4. The van der Waals surface area contributed by atoms with Crippen LogP contribution >= 0.6 is 0 Å². The van der Waals surface area contributed by atoms with Crippen LogP contribution in [0.4, 0.5) is 22.0 Å². The Kier molecular flexibility index (Phi) is 5.84. The van der Waals surface area contributed by atoms with Gasteiger partial charge in [-0.05, 0) is 60.2 Å². The number of fused-ring (bicyclic) bond motifs is 3. The smallest absolute Gasteiger partial charge is 0.417 e. The van der Waals surface area contributed by atoms with Crippen molar-refractivity contribution in [3.05, 3.63) is 76.5 Å². The minimum Gasteiger partial charge on any atom is -0.508 e. The Labute approximate surface area is 202 Å². The molecule has 5 rings (SSSR count). The highest BCUT2D eigenvalue weighted by atomic mass is 19.4. The fourth-order valence-corrected chi connectivity index (χ4v) is 4.97. The van der Waals surface area contributed by atoms with Gasteiger partial charge >= 0.3 is 12.1 Å². The topological polar surface area (TPSA) is 68.7 Å². The fraction of sp³-hybridized carbons (Fsp3) is 0.308. The largest absolute Gasteiger partial charge is 0.508 e. The van der Waals surface area contributed by atoms with Gasteiger partial charge in [-0.2, -0.15) is 13.2 Å². The second-order valence-corrected chi connectivity index (χ2v) is 8.83. The molecule has 2 aromatic carbocycles. The van der Waals surface area contributed by atoms with E-state index in [1.807, 2.05) is 0 Å². The van der Waals surface area contributed by atoms with Gasteiger partial charge in [0.2, 0.25) is 5.88 Å². The zero-order valence-electron chi connectivity index (χ0n) is 18.9. The Morgan fingerprint density at radius 1 is 1.11 bits per heavy atom. The van der Waals surface area contributed by atoms with E-state index < -0.39 is 46.9 Å². The van der Waals surface area contributed by atoms with Gasteiger partial charge in [-0.1, -0.05) is 0 Å². The predicted octanol–water partition coefficient (Wildman–Crippen LogP) is 5.78. The zero-order chi connectivity index (χ0) is 25.8. The summed E-state index contributed by atoms with van der Waals surface area (Å²) in [5.41, 5.74) is -0.719. The van der Waals surface area contributed by atoms with Gasteiger partial charge in [0.05, 0.1) is 18.1 Å². The third-order valence-corrected chi connectivity index (χ3v) is 6.65. The average molecular weight is 505 g/mol. The van der Waals surface area contributed by atoms with E-state index in [1.165, 1.54) is 0 Å². The van der Waals surface area contributed by atoms with Crippen LogP contribution in [0.5, 0.6) is 11.6 Å². The van der Waals surface area contributed by atoms with Crippen molar-refractivity contribution in [2.45, 2.75) is 32.0 Å². The molecule has 10 heteroatoms. The molecule has 1 N–H and O–H groups in total. The lowest BCUT2D eigenvalue weighted by atomic mass is 9.96. The Balaban J connectivity index is 1.38. The summed E-state index contributed by atoms with van der Waals surface area (Å²) in [5.74, 6) is -2.75. The normalized spacial score (nSPS) is 20.0. The predicted molar refractivity (Wildman–Crippen MR) is 117 cm³/mol. The number of aromatic nitrogens is 1. The monoisotopic (exact) mass is 505 g/mol. The summed E-state index contributed by atoms with van der Waals surface area (Å²) >= 11 is 0. The van der Waals surface area contributed by atoms with Crippen molar-refractivity contribution in [2.24, 2.45) is 11.8 Å². The first kappa shape index (κ1) is 24.0. The molecule has 1 aromatic heterocycles. The number of phenolic OH excluding ortho intramolecular Hbond substituents is 1. The number of benzene rings is 2. The Hall–Kier alpha value is -3.69. The first-order chi connectivity index (χ1) is 17.1. The summed E-state index contributed by atoms with van der Waals surface area (Å²) in [5, 5.41) is 9.40. The lowest BCUT2D eigenvalue weighted by molar-refractivity contribution is -0.145. The molecule has 0 aliphatic heterocycles. The number of hydrogen-bond donors (Lipinski definition) is 1. The number of pyridine rings is 1. The number of halogens is 5. The molecule has 2 aliphatic rings. The molecule has 0 spiro atoms. The molecule has 1 heterocycles. The number of carbonyl (C=O) groups is 1. The molecule has 1 saturated carbocycles. The van der Waals surface area contributed by atoms with Gasteiger partial charge in [0.1, 0.15) is 24.0 Å². The second-order valence-electron chi connectivity index (χ2n) is 8.83. The van der Waals surface area contributed by atoms with Gasteiger partial charge in [0, 0.05) is 35.4 Å². The van der Waals surface area contributed by atoms with Crippen LogP contribution in [0.2, 0.25) is 0 Å². The van der Waals surface area contributed by atoms with Crippen molar-refractivity contribution >= 4 is 5.97 Å². The van der Waals surface area contributed by atoms with Gasteiger partial charge in [-0.3, -0.25) is 4.79 Å². The molecule has 3 aromatic rings. The van der Waals surface area contributed by atoms with Crippen molar-refractivity contribution in [2.75, 3.05) is 6.61 Å². The van der Waals surface area contributed by atoms with Crippen LogP contribution in [-0.4, -0.2) is 22.7 Å². The standard InChI is InChI=1S/C26H20F5NO4/c1-2-35-25(34)24-17-5-12-7-22(32-10-18(12)23(17)24)36-11-13-6-16(15-4-3-14(33)8-21(15)28)19(9-20(13)27)26(29,30)31/h3-4,6-10,17,23-24,33H,2,5,11H2,1H3/t17-,23+,24-/m0/s1. The van der Waals surface area contributed by atoms with Gasteiger partial charge < -0.3 is 14.6 Å². The molecule has 1 fully saturated rings. The van der Waals surface area contributed by atoms with Gasteiger partial charge in [0.15, 0.2) is 0 Å². The number of aromatic hydroxyl groups is 1. The molecule has 0 radical (unpaired) electrons. The minimum absolute atomic E-state index is 0.0516. The van der Waals surface area contributed by atoms with Crippen LogP contribution in [0.25, 0.3) is 11.1 Å². The molecule has 0 amide bonds. The van der Waals surface area contributed by atoms with E-state index in [4.69, 9.17) is 9.47 Å². The third-order valence-electron chi connectivity index (χ3n) is 6.65. The second kappa shape index (κ2) is 8.76. The van der Waals surface area contributed by atoms with E-state index in [-0.39, 0.29) is 35.2 Å². The molecule has 0 unspecified atom stereocenters. The van der Waals surface area contributed by atoms with Gasteiger partial charge in [0.25, 0.3) is 0 Å². The van der Waals surface area contributed by atoms with E-state index in [0.29, 0.717) is 25.2 Å². The van der Waals surface area contributed by atoms with Crippen molar-refractivity contribution < 1.29 is 41.3 Å². The minimum atomic E-state index is -4.94. The maximum absolute atomic E-state index is 14.6. The highest BCUT2D eigenvalue weighted by Gasteiger charge is 2.60. The number of esters is 1. The molecule has 0 saturated heterocycles. The van der Waals surface area contributed by atoms with Gasteiger partial charge in [-0.15, -0.1) is 0 Å². The number of alkyl halides is 3. The van der Waals surface area contributed by atoms with Crippen LogP contribution in [0, 0.1) is 23.5 Å². The van der Waals surface area contributed by atoms with E-state index in [2.05, 4.69) is 4.98 Å². The highest BCUT2D eigenvalue weighted by Crippen LogP contribution is 2.61. The first-order valence-corrected chi connectivity index (χ1v) is 11.2. The molecular weight excluding hydrogens is 485 g/mol. The number of phenols is 1. The number of ether oxygens (including phenoxy) is 2. The van der Waals surface area contributed by atoms with Crippen molar-refractivity contribution in [1.29, 1.82) is 0 Å². The number of nitrogens with zero attached hydrogens (tertiary/aromatic N) is 1. The maximum Gasteiger partial charge on any atom is 0.417 e. The van der Waals surface area contributed by atoms with E-state index in [1.54, 1.807) is 19.2 Å². The lowest BCUT2D eigenvalue weighted by Gasteiger charge is -2.17. The Bertz CT molecular complexity index is 1360. The average Bonchev–Trinajstić information content (AvgIpc) is 3.39. The molecule has 0 bridgehead atoms. The van der Waals surface area contributed by atoms with Crippen LogP contribution in [0.1, 0.15) is 35.1 Å². The van der Waals surface area contributed by atoms with Crippen LogP contribution in [0.3, 0.4) is 0 Å². The Morgan fingerprint density at radius 2 is 1.89 bits per heavy atom. The van der Waals surface area contributed by atoms with Crippen LogP contribution in [0.15, 0.2) is 42.6 Å². The van der Waals surface area contributed by atoms with Crippen molar-refractivity contribution in [3.63, 3.8) is 0 Å². The van der Waals surface area contributed by atoms with E-state index in [0.717, 1.165) is 29.3 Å². The summed E-state index contributed by atoms with van der Waals surface area (Å²) in [6.07, 6.45) is -2.71. The zero-order valence-corrected chi connectivity index (χ0v) is 18.9. The Morgan fingerprint density at radius 3 is 2.58 bits per heavy atom. The molecule has 5 nitrogen and oxygen atoms in total. The van der Waals surface area contributed by atoms with E-state index >= 15 is 0 Å². The van der Waals surface area contributed by atoms with Crippen molar-refractivity contribution in [1.82, 2.24) is 4.98 Å². The molecular formula is C26H20F5NO4. The molecule has 36 heavy (non-hydrogen) atoms. The van der Waals surface area contributed by atoms with Gasteiger partial charge in [-0.25, -0.2) is 13.8 Å². The first-order valence-electron chi connectivity index (χ1n) is 11.2. The quantitative estimate of drug-likeness (QED) is 0.340. The SMILES string of the molecule is CCOC(=O)[C@H]1[C@H]2Cc3cc(OCc4cc(-c5ccc(O)cc5F)c(C(F)(F)F)cc4F)ncc3[C@@H]21. The number of rotatable bonds is 6. The fourth-order valence-electron chi connectivity index (χ4n) is 4.97. The molecule has 3 atom stereocenters. The highest BCUT2D eigenvalue weighted by molar-refractivity contribution is 5.79. The number of carbonyl (C=O) groups excluding carboxylic acids is 1. The van der Waals surface area contributed by atoms with Crippen molar-refractivity contribution in [3.8, 4) is 22.8 Å².